The summed E-state index contributed by atoms with van der Waals surface area (Å²) in [7, 11) is 0. The Labute approximate surface area is 281 Å². The number of hydrogen-bond acceptors (Lipinski definition) is 8. The monoisotopic (exact) mass is 665 g/mol. The highest BCUT2D eigenvalue weighted by atomic mass is 32.2. The summed E-state index contributed by atoms with van der Waals surface area (Å²) in [6.07, 6.45) is 14.2. The second kappa shape index (κ2) is 13.4. The second-order valence-electron chi connectivity index (χ2n) is 14.7. The molecule has 4 heterocycles. The van der Waals surface area contributed by atoms with Crippen molar-refractivity contribution in [2.75, 3.05) is 31.5 Å². The molecular formula is C36H49F2N7OS. The summed E-state index contributed by atoms with van der Waals surface area (Å²) < 4.78 is 32.0. The van der Waals surface area contributed by atoms with E-state index in [1.807, 2.05) is 37.1 Å². The third-order valence-electron chi connectivity index (χ3n) is 10.9. The molecule has 2 aromatic heterocycles. The number of piperidine rings is 1. The first-order valence-electron chi connectivity index (χ1n) is 17.6. The number of anilines is 1. The van der Waals surface area contributed by atoms with Gasteiger partial charge in [-0.3, -0.25) is 9.80 Å². The molecule has 0 bridgehead atoms. The minimum Gasteiger partial charge on any atom is -0.367 e. The summed E-state index contributed by atoms with van der Waals surface area (Å²) in [4.78, 5) is 18.3. The molecule has 7 rings (SSSR count). The molecule has 1 aromatic carbocycles. The zero-order valence-corrected chi connectivity index (χ0v) is 28.9. The van der Waals surface area contributed by atoms with Crippen molar-refractivity contribution in [3.05, 3.63) is 47.9 Å². The number of nitrogens with zero attached hydrogens (tertiary/aromatic N) is 6. The summed E-state index contributed by atoms with van der Waals surface area (Å²) >= 11 is 2.03. The highest BCUT2D eigenvalue weighted by molar-refractivity contribution is 8.00. The first-order chi connectivity index (χ1) is 22.5. The topological polar surface area (TPSA) is 82.3 Å². The number of nitrogens with one attached hydrogen (secondary N) is 1. The van der Waals surface area contributed by atoms with Gasteiger partial charge in [0.25, 0.3) is 0 Å². The smallest absolute Gasteiger partial charge is 0.225 e. The maximum atomic E-state index is 15.1. The van der Waals surface area contributed by atoms with Gasteiger partial charge in [-0.25, -0.2) is 23.7 Å². The van der Waals surface area contributed by atoms with Crippen LogP contribution in [0.5, 0.6) is 0 Å². The van der Waals surface area contributed by atoms with Gasteiger partial charge in [0.1, 0.15) is 17.0 Å². The average Bonchev–Trinajstić information content (AvgIpc) is 3.37. The Balaban J connectivity index is 0.932. The van der Waals surface area contributed by atoms with Gasteiger partial charge < -0.3 is 15.0 Å². The van der Waals surface area contributed by atoms with Crippen LogP contribution in [0.2, 0.25) is 0 Å². The number of benzene rings is 1. The lowest BCUT2D eigenvalue weighted by molar-refractivity contribution is -0.0153. The van der Waals surface area contributed by atoms with Crippen LogP contribution in [0.15, 0.2) is 30.5 Å². The van der Waals surface area contributed by atoms with Gasteiger partial charge in [-0.05, 0) is 103 Å². The minimum absolute atomic E-state index is 0.0288. The lowest BCUT2D eigenvalue weighted by atomic mass is 9.85. The van der Waals surface area contributed by atoms with Gasteiger partial charge in [0.15, 0.2) is 17.4 Å². The van der Waals surface area contributed by atoms with Crippen molar-refractivity contribution in [2.24, 2.45) is 5.92 Å². The molecule has 0 amide bonds. The van der Waals surface area contributed by atoms with Crippen molar-refractivity contribution in [3.63, 3.8) is 0 Å². The molecule has 2 N–H and O–H groups in total. The van der Waals surface area contributed by atoms with Crippen LogP contribution in [0, 0.1) is 24.5 Å². The zero-order valence-electron chi connectivity index (χ0n) is 28.1. The number of aromatic nitrogens is 4. The fraction of sp³-hybridized carbons (Fsp3) is 0.639. The van der Waals surface area contributed by atoms with Gasteiger partial charge in [-0.1, -0.05) is 13.0 Å². The molecule has 2 atom stereocenters. The molecule has 1 unspecified atom stereocenters. The van der Waals surface area contributed by atoms with E-state index in [1.54, 1.807) is 12.1 Å². The Morgan fingerprint density at radius 2 is 1.70 bits per heavy atom. The fourth-order valence-corrected chi connectivity index (χ4v) is 9.56. The largest absolute Gasteiger partial charge is 0.367 e. The quantitative estimate of drug-likeness (QED) is 0.198. The van der Waals surface area contributed by atoms with Gasteiger partial charge in [-0.15, -0.1) is 0 Å². The lowest BCUT2D eigenvalue weighted by Gasteiger charge is -2.51. The van der Waals surface area contributed by atoms with E-state index >= 15 is 8.78 Å². The summed E-state index contributed by atoms with van der Waals surface area (Å²) in [6.45, 7) is 13.1. The summed E-state index contributed by atoms with van der Waals surface area (Å²) in [5.41, 5.74) is -0.241. The van der Waals surface area contributed by atoms with Crippen LogP contribution in [0.3, 0.4) is 0 Å². The molecular weight excluding hydrogens is 617 g/mol. The van der Waals surface area contributed by atoms with Crippen molar-refractivity contribution in [2.45, 2.75) is 113 Å². The summed E-state index contributed by atoms with van der Waals surface area (Å²) in [5, 5.41) is 15.3. The molecule has 2 aliphatic carbocycles. The fourth-order valence-electron chi connectivity index (χ4n) is 8.16. The first-order valence-corrected chi connectivity index (χ1v) is 18.5. The lowest BCUT2D eigenvalue weighted by Crippen LogP contribution is -2.63. The molecule has 254 valence electrons. The molecule has 0 spiro atoms. The van der Waals surface area contributed by atoms with E-state index in [1.165, 1.54) is 70.8 Å². The standard InChI is InChI=1S/C36H49F2N7OS/c1-22(2)45-24(4)40-34-30(37)17-25(18-32(34)45)33-31(38)19-39-35(41-33)42-36(46)13-9-28(10-14-36)47-29-11-15-43(16-12-29)27-20-44(21-27)26-7-5-23(3)6-8-26/h9,13,17-19,22-23,26-29,46H,5-8,10-12,14-16,20-21H2,1-4H3,(H,39,41,42)/t23?,26?,28?,36-/m0/s1. The number of fused-ring (bicyclic) bond motifs is 1. The maximum Gasteiger partial charge on any atom is 0.225 e. The maximum absolute atomic E-state index is 15.1. The van der Waals surface area contributed by atoms with Crippen LogP contribution in [-0.4, -0.2) is 88.9 Å². The molecule has 0 radical (unpaired) electrons. The summed E-state index contributed by atoms with van der Waals surface area (Å²) in [5.74, 6) is 0.494. The number of aliphatic hydroxyl groups is 1. The van der Waals surface area contributed by atoms with E-state index < -0.39 is 17.4 Å². The normalized spacial score (nSPS) is 28.3. The molecule has 47 heavy (non-hydrogen) atoms. The molecule has 3 aromatic rings. The second-order valence-corrected chi connectivity index (χ2v) is 16.3. The number of halogens is 2. The predicted molar refractivity (Wildman–Crippen MR) is 185 cm³/mol. The van der Waals surface area contributed by atoms with Crippen LogP contribution >= 0.6 is 11.8 Å². The van der Waals surface area contributed by atoms with E-state index in [4.69, 9.17) is 0 Å². The molecule has 4 aliphatic rings. The Kier molecular flexibility index (Phi) is 9.36. The van der Waals surface area contributed by atoms with Gasteiger partial charge in [0.05, 0.1) is 11.7 Å². The van der Waals surface area contributed by atoms with Crippen LogP contribution in [-0.2, 0) is 0 Å². The highest BCUT2D eigenvalue weighted by Gasteiger charge is 2.38. The van der Waals surface area contributed by atoms with Gasteiger partial charge in [0, 0.05) is 53.7 Å². The number of hydrogen-bond donors (Lipinski definition) is 2. The van der Waals surface area contributed by atoms with E-state index in [0.717, 1.165) is 30.6 Å². The third-order valence-corrected chi connectivity index (χ3v) is 12.5. The SMILES string of the molecule is Cc1nc2c(F)cc(-c3nc(N[C@]4(O)C=CC(SC5CCN(C6CN(C7CCC(C)CC7)C6)CC5)CC4)ncc3F)cc2n1C(C)C. The number of thioether (sulfide) groups is 1. The number of imidazole rings is 1. The predicted octanol–water partition coefficient (Wildman–Crippen LogP) is 6.94. The molecule has 2 saturated heterocycles. The average molecular weight is 666 g/mol. The van der Waals surface area contributed by atoms with Crippen LogP contribution in [0.4, 0.5) is 14.7 Å². The van der Waals surface area contributed by atoms with Crippen LogP contribution < -0.4 is 5.32 Å². The number of rotatable bonds is 8. The number of likely N-dealkylation sites (tertiary alicyclic amines) is 2. The molecule has 11 heteroatoms. The van der Waals surface area contributed by atoms with Crippen LogP contribution in [0.1, 0.15) is 84.0 Å². The Hall–Kier alpha value is -2.60. The first kappa shape index (κ1) is 32.9. The highest BCUT2D eigenvalue weighted by Crippen LogP contribution is 2.37. The van der Waals surface area contributed by atoms with Crippen molar-refractivity contribution in [1.29, 1.82) is 0 Å². The zero-order chi connectivity index (χ0) is 32.9. The van der Waals surface area contributed by atoms with Crippen molar-refractivity contribution in [3.8, 4) is 11.3 Å². The van der Waals surface area contributed by atoms with Gasteiger partial charge in [-0.2, -0.15) is 11.8 Å². The van der Waals surface area contributed by atoms with Crippen molar-refractivity contribution < 1.29 is 13.9 Å². The van der Waals surface area contributed by atoms with Crippen molar-refractivity contribution in [1.82, 2.24) is 29.3 Å². The van der Waals surface area contributed by atoms with Gasteiger partial charge >= 0.3 is 0 Å². The number of aryl methyl sites for hydroxylation is 1. The van der Waals surface area contributed by atoms with E-state index in [0.29, 0.717) is 33.8 Å². The van der Waals surface area contributed by atoms with E-state index in [9.17, 15) is 5.11 Å². The molecule has 8 nitrogen and oxygen atoms in total. The Morgan fingerprint density at radius 3 is 2.38 bits per heavy atom. The molecule has 3 fully saturated rings. The molecule has 2 aliphatic heterocycles. The van der Waals surface area contributed by atoms with Crippen molar-refractivity contribution >= 4 is 28.7 Å². The Bertz CT molecular complexity index is 1610. The third kappa shape index (κ3) is 6.96. The van der Waals surface area contributed by atoms with E-state index in [-0.39, 0.29) is 23.2 Å². The minimum atomic E-state index is -1.34. The Morgan fingerprint density at radius 1 is 0.957 bits per heavy atom. The van der Waals surface area contributed by atoms with Gasteiger partial charge in [0.2, 0.25) is 5.95 Å². The van der Waals surface area contributed by atoms with E-state index in [2.05, 4.69) is 43.1 Å². The summed E-state index contributed by atoms with van der Waals surface area (Å²) in [6, 6.07) is 4.59. The molecule has 1 saturated carbocycles. The van der Waals surface area contributed by atoms with Crippen LogP contribution in [0.25, 0.3) is 22.3 Å².